The van der Waals surface area contributed by atoms with Gasteiger partial charge in [0, 0.05) is 12.6 Å². The molecule has 8 heteroatoms. The van der Waals surface area contributed by atoms with Crippen LogP contribution < -0.4 is 5.14 Å². The number of nitrogens with zero attached hydrogens (tertiary/aromatic N) is 2. The number of rotatable bonds is 5. The molecule has 1 aliphatic carbocycles. The van der Waals surface area contributed by atoms with E-state index in [-0.39, 0.29) is 28.2 Å². The maximum atomic E-state index is 12.4. The first-order valence-corrected chi connectivity index (χ1v) is 7.79. The number of hydrogen-bond acceptors (Lipinski definition) is 4. The first-order chi connectivity index (χ1) is 8.86. The average Bonchev–Trinajstić information content (AvgIpc) is 3.06. The predicted octanol–water partition coefficient (Wildman–Crippen LogP) is 0.380. The van der Waals surface area contributed by atoms with Crippen LogP contribution in [-0.2, 0) is 10.0 Å². The van der Waals surface area contributed by atoms with E-state index in [1.54, 1.807) is 4.90 Å². The highest BCUT2D eigenvalue weighted by atomic mass is 32.2. The van der Waals surface area contributed by atoms with Crippen molar-refractivity contribution in [3.63, 3.8) is 0 Å². The molecule has 1 aromatic heterocycles. The molecule has 1 aromatic rings. The average molecular weight is 286 g/mol. The summed E-state index contributed by atoms with van der Waals surface area (Å²) < 4.78 is 23.1. The molecule has 1 saturated carbocycles. The Morgan fingerprint density at radius 1 is 1.53 bits per heavy atom. The van der Waals surface area contributed by atoms with E-state index in [1.165, 1.54) is 6.92 Å². The molecule has 0 saturated heterocycles. The van der Waals surface area contributed by atoms with Crippen LogP contribution in [0.15, 0.2) is 4.90 Å². The van der Waals surface area contributed by atoms with Crippen LogP contribution in [0.5, 0.6) is 0 Å². The van der Waals surface area contributed by atoms with E-state index in [4.69, 9.17) is 5.14 Å². The Labute approximate surface area is 112 Å². The quantitative estimate of drug-likeness (QED) is 0.815. The molecule has 0 aliphatic heterocycles. The van der Waals surface area contributed by atoms with Crippen molar-refractivity contribution in [2.45, 2.75) is 44.0 Å². The Bertz CT molecular complexity index is 589. The van der Waals surface area contributed by atoms with Gasteiger partial charge in [-0.1, -0.05) is 6.92 Å². The van der Waals surface area contributed by atoms with Crippen LogP contribution in [-0.4, -0.2) is 42.0 Å². The first-order valence-electron chi connectivity index (χ1n) is 6.25. The van der Waals surface area contributed by atoms with Gasteiger partial charge in [-0.05, 0) is 26.2 Å². The fourth-order valence-corrected chi connectivity index (χ4v) is 3.00. The lowest BCUT2D eigenvalue weighted by atomic mass is 10.3. The summed E-state index contributed by atoms with van der Waals surface area (Å²) in [5.41, 5.74) is 0.193. The predicted molar refractivity (Wildman–Crippen MR) is 69.0 cm³/mol. The molecule has 0 unspecified atom stereocenters. The van der Waals surface area contributed by atoms with Gasteiger partial charge in [-0.25, -0.2) is 13.6 Å². The molecule has 0 aromatic carbocycles. The van der Waals surface area contributed by atoms with Crippen LogP contribution in [0, 0.1) is 6.92 Å². The van der Waals surface area contributed by atoms with Crippen molar-refractivity contribution in [2.75, 3.05) is 6.54 Å². The van der Waals surface area contributed by atoms with Gasteiger partial charge in [0.05, 0.1) is 5.69 Å². The summed E-state index contributed by atoms with van der Waals surface area (Å²) in [6.45, 7) is 4.10. The Morgan fingerprint density at radius 3 is 2.63 bits per heavy atom. The molecule has 7 nitrogen and oxygen atoms in total. The summed E-state index contributed by atoms with van der Waals surface area (Å²) in [4.78, 5) is 13.9. The van der Waals surface area contributed by atoms with Gasteiger partial charge < -0.3 is 4.90 Å². The number of nitrogens with one attached hydrogen (secondary N) is 1. The Kier molecular flexibility index (Phi) is 3.64. The first kappa shape index (κ1) is 14.0. The number of carbonyl (C=O) groups is 1. The minimum Gasteiger partial charge on any atom is -0.334 e. The number of aromatic amines is 1. The molecule has 1 heterocycles. The number of hydrogen-bond donors (Lipinski definition) is 2. The Balaban J connectivity index is 2.38. The number of H-pyrrole nitrogens is 1. The molecule has 1 amide bonds. The van der Waals surface area contributed by atoms with Gasteiger partial charge in [0.15, 0.2) is 5.69 Å². The summed E-state index contributed by atoms with van der Waals surface area (Å²) in [6.07, 6.45) is 2.73. The molecule has 19 heavy (non-hydrogen) atoms. The largest absolute Gasteiger partial charge is 0.334 e. The standard InChI is InChI=1S/C11H18N4O3S/c1-3-6-15(8-4-5-8)11(16)9-10(19(12,17)18)7(2)13-14-9/h8H,3-6H2,1-2H3,(H,13,14)(H2,12,17,18). The number of sulfonamides is 1. The molecule has 0 spiro atoms. The monoisotopic (exact) mass is 286 g/mol. The number of nitrogens with two attached hydrogens (primary N) is 1. The number of primary sulfonamides is 1. The summed E-state index contributed by atoms with van der Waals surface area (Å²) in [5.74, 6) is -0.363. The highest BCUT2D eigenvalue weighted by Gasteiger charge is 2.36. The van der Waals surface area contributed by atoms with Crippen LogP contribution in [0.2, 0.25) is 0 Å². The molecule has 1 fully saturated rings. The van der Waals surface area contributed by atoms with Crippen LogP contribution in [0.4, 0.5) is 0 Å². The summed E-state index contributed by atoms with van der Waals surface area (Å²) in [6, 6.07) is 0.206. The third-order valence-electron chi connectivity index (χ3n) is 3.09. The lowest BCUT2D eigenvalue weighted by molar-refractivity contribution is 0.0733. The van der Waals surface area contributed by atoms with Gasteiger partial charge in [0.2, 0.25) is 10.0 Å². The van der Waals surface area contributed by atoms with Gasteiger partial charge in [-0.3, -0.25) is 9.89 Å². The zero-order valence-electron chi connectivity index (χ0n) is 11.0. The van der Waals surface area contributed by atoms with Gasteiger partial charge in [-0.2, -0.15) is 5.10 Å². The third kappa shape index (κ3) is 2.79. The highest BCUT2D eigenvalue weighted by molar-refractivity contribution is 7.89. The van der Waals surface area contributed by atoms with Crippen LogP contribution in [0.3, 0.4) is 0 Å². The number of aromatic nitrogens is 2. The zero-order chi connectivity index (χ0) is 14.2. The van der Waals surface area contributed by atoms with E-state index in [0.717, 1.165) is 19.3 Å². The molecule has 0 atom stereocenters. The van der Waals surface area contributed by atoms with Crippen LogP contribution >= 0.6 is 0 Å². The van der Waals surface area contributed by atoms with Crippen molar-refractivity contribution in [1.82, 2.24) is 15.1 Å². The lowest BCUT2D eigenvalue weighted by Gasteiger charge is -2.20. The van der Waals surface area contributed by atoms with Crippen molar-refractivity contribution in [3.05, 3.63) is 11.4 Å². The van der Waals surface area contributed by atoms with Gasteiger partial charge in [0.1, 0.15) is 4.90 Å². The van der Waals surface area contributed by atoms with Crippen molar-refractivity contribution in [3.8, 4) is 0 Å². The molecule has 0 bridgehead atoms. The minimum atomic E-state index is -3.96. The summed E-state index contributed by atoms with van der Waals surface area (Å²) in [5, 5.41) is 11.5. The van der Waals surface area contributed by atoms with E-state index in [1.807, 2.05) is 6.92 Å². The van der Waals surface area contributed by atoms with Crippen molar-refractivity contribution in [2.24, 2.45) is 5.14 Å². The molecule has 1 aliphatic rings. The number of carbonyl (C=O) groups excluding carboxylic acids is 1. The Morgan fingerprint density at radius 2 is 2.16 bits per heavy atom. The fraction of sp³-hybridized carbons (Fsp3) is 0.636. The lowest BCUT2D eigenvalue weighted by Crippen LogP contribution is -2.35. The second-order valence-electron chi connectivity index (χ2n) is 4.80. The maximum absolute atomic E-state index is 12.4. The molecule has 3 N–H and O–H groups in total. The van der Waals surface area contributed by atoms with E-state index in [0.29, 0.717) is 6.54 Å². The zero-order valence-corrected chi connectivity index (χ0v) is 11.8. The molecule has 0 radical (unpaired) electrons. The number of amides is 1. The van der Waals surface area contributed by atoms with Gasteiger partial charge in [0.25, 0.3) is 5.91 Å². The van der Waals surface area contributed by atoms with Gasteiger partial charge in [-0.15, -0.1) is 0 Å². The van der Waals surface area contributed by atoms with Crippen molar-refractivity contribution < 1.29 is 13.2 Å². The molecule has 106 valence electrons. The number of aryl methyl sites for hydroxylation is 1. The van der Waals surface area contributed by atoms with E-state index in [9.17, 15) is 13.2 Å². The topological polar surface area (TPSA) is 109 Å². The highest BCUT2D eigenvalue weighted by Crippen LogP contribution is 2.29. The second-order valence-corrected chi connectivity index (χ2v) is 6.30. The molecule has 2 rings (SSSR count). The van der Waals surface area contributed by atoms with Crippen molar-refractivity contribution >= 4 is 15.9 Å². The minimum absolute atomic E-state index is 0.0969. The second kappa shape index (κ2) is 4.93. The summed E-state index contributed by atoms with van der Waals surface area (Å²) >= 11 is 0. The maximum Gasteiger partial charge on any atom is 0.276 e. The molecular weight excluding hydrogens is 268 g/mol. The van der Waals surface area contributed by atoms with Gasteiger partial charge >= 0.3 is 0 Å². The fourth-order valence-electron chi connectivity index (χ4n) is 2.13. The van der Waals surface area contributed by atoms with Crippen LogP contribution in [0.25, 0.3) is 0 Å². The normalized spacial score (nSPS) is 15.5. The molecular formula is C11H18N4O3S. The summed E-state index contributed by atoms with van der Waals surface area (Å²) in [7, 11) is -3.96. The SMILES string of the molecule is CCCN(C(=O)c1n[nH]c(C)c1S(N)(=O)=O)C1CC1. The van der Waals surface area contributed by atoms with E-state index < -0.39 is 10.0 Å². The van der Waals surface area contributed by atoms with Crippen LogP contribution in [0.1, 0.15) is 42.4 Å². The third-order valence-corrected chi connectivity index (χ3v) is 4.16. The smallest absolute Gasteiger partial charge is 0.276 e. The van der Waals surface area contributed by atoms with Crippen molar-refractivity contribution in [1.29, 1.82) is 0 Å². The Hall–Kier alpha value is -1.41. The van der Waals surface area contributed by atoms with E-state index in [2.05, 4.69) is 10.2 Å². The van der Waals surface area contributed by atoms with E-state index >= 15 is 0 Å².